The SMILES string of the molecule is COc1cc(C)c(O)cc1C1CCCN1. The molecule has 0 amide bonds. The van der Waals surface area contributed by atoms with Gasteiger partial charge in [0, 0.05) is 11.6 Å². The smallest absolute Gasteiger partial charge is 0.124 e. The maximum atomic E-state index is 9.70. The van der Waals surface area contributed by atoms with E-state index in [1.807, 2.05) is 19.1 Å². The molecule has 2 N–H and O–H groups in total. The molecule has 15 heavy (non-hydrogen) atoms. The van der Waals surface area contributed by atoms with E-state index in [-0.39, 0.29) is 0 Å². The fraction of sp³-hybridized carbons (Fsp3) is 0.500. The molecule has 0 saturated carbocycles. The van der Waals surface area contributed by atoms with Gasteiger partial charge in [0.15, 0.2) is 0 Å². The zero-order chi connectivity index (χ0) is 10.8. The molecule has 1 aromatic rings. The number of nitrogens with one attached hydrogen (secondary N) is 1. The predicted molar refractivity (Wildman–Crippen MR) is 59.4 cm³/mol. The zero-order valence-corrected chi connectivity index (χ0v) is 9.21. The molecule has 1 unspecified atom stereocenters. The molecule has 1 fully saturated rings. The second-order valence-electron chi connectivity index (χ2n) is 4.03. The first kappa shape index (κ1) is 10.3. The number of rotatable bonds is 2. The number of benzene rings is 1. The highest BCUT2D eigenvalue weighted by Gasteiger charge is 2.20. The quantitative estimate of drug-likeness (QED) is 0.780. The van der Waals surface area contributed by atoms with E-state index < -0.39 is 0 Å². The van der Waals surface area contributed by atoms with E-state index in [1.54, 1.807) is 7.11 Å². The lowest BCUT2D eigenvalue weighted by molar-refractivity contribution is 0.399. The van der Waals surface area contributed by atoms with Crippen LogP contribution in [0.2, 0.25) is 0 Å². The highest BCUT2D eigenvalue weighted by molar-refractivity contribution is 5.46. The van der Waals surface area contributed by atoms with Crippen LogP contribution in [0.5, 0.6) is 11.5 Å². The lowest BCUT2D eigenvalue weighted by Gasteiger charge is -2.16. The lowest BCUT2D eigenvalue weighted by atomic mass is 10.0. The van der Waals surface area contributed by atoms with Crippen molar-refractivity contribution >= 4 is 0 Å². The Balaban J connectivity index is 2.39. The average Bonchev–Trinajstić information content (AvgIpc) is 2.74. The Kier molecular flexibility index (Phi) is 2.82. The van der Waals surface area contributed by atoms with Crippen LogP contribution in [0.4, 0.5) is 0 Å². The summed E-state index contributed by atoms with van der Waals surface area (Å²) in [4.78, 5) is 0. The summed E-state index contributed by atoms with van der Waals surface area (Å²) in [5, 5.41) is 13.1. The van der Waals surface area contributed by atoms with Crippen LogP contribution in [-0.2, 0) is 0 Å². The molecule has 3 heteroatoms. The second-order valence-corrected chi connectivity index (χ2v) is 4.03. The highest BCUT2D eigenvalue weighted by Crippen LogP contribution is 2.35. The van der Waals surface area contributed by atoms with Gasteiger partial charge in [0.25, 0.3) is 0 Å². The van der Waals surface area contributed by atoms with Crippen molar-refractivity contribution in [3.8, 4) is 11.5 Å². The molecule has 0 bridgehead atoms. The van der Waals surface area contributed by atoms with Crippen LogP contribution in [0.3, 0.4) is 0 Å². The van der Waals surface area contributed by atoms with E-state index in [9.17, 15) is 5.11 Å². The lowest BCUT2D eigenvalue weighted by Crippen LogP contribution is -2.13. The Morgan fingerprint density at radius 3 is 2.87 bits per heavy atom. The summed E-state index contributed by atoms with van der Waals surface area (Å²) in [6, 6.07) is 4.04. The summed E-state index contributed by atoms with van der Waals surface area (Å²) >= 11 is 0. The molecular formula is C12H17NO2. The van der Waals surface area contributed by atoms with Crippen LogP contribution in [0.1, 0.15) is 30.0 Å². The van der Waals surface area contributed by atoms with E-state index >= 15 is 0 Å². The summed E-state index contributed by atoms with van der Waals surface area (Å²) in [6.45, 7) is 2.92. The minimum absolute atomic E-state index is 0.325. The Morgan fingerprint density at radius 2 is 2.27 bits per heavy atom. The van der Waals surface area contributed by atoms with Gasteiger partial charge in [-0.3, -0.25) is 0 Å². The second kappa shape index (κ2) is 4.11. The molecule has 82 valence electrons. The summed E-state index contributed by atoms with van der Waals surface area (Å²) in [5.41, 5.74) is 1.92. The van der Waals surface area contributed by atoms with Crippen molar-refractivity contribution in [3.05, 3.63) is 23.3 Å². The highest BCUT2D eigenvalue weighted by atomic mass is 16.5. The van der Waals surface area contributed by atoms with Gasteiger partial charge in [-0.15, -0.1) is 0 Å². The minimum atomic E-state index is 0.325. The third-order valence-electron chi connectivity index (χ3n) is 2.98. The fourth-order valence-electron chi connectivity index (χ4n) is 2.09. The third kappa shape index (κ3) is 1.92. The molecule has 2 rings (SSSR count). The van der Waals surface area contributed by atoms with Gasteiger partial charge in [0.2, 0.25) is 0 Å². The summed E-state index contributed by atoms with van der Waals surface area (Å²) in [6.07, 6.45) is 2.29. The Bertz CT molecular complexity index is 357. The van der Waals surface area contributed by atoms with Gasteiger partial charge in [-0.1, -0.05) is 0 Å². The van der Waals surface area contributed by atoms with Crippen LogP contribution in [-0.4, -0.2) is 18.8 Å². The first-order valence-corrected chi connectivity index (χ1v) is 5.33. The largest absolute Gasteiger partial charge is 0.508 e. The van der Waals surface area contributed by atoms with E-state index in [1.165, 1.54) is 6.42 Å². The predicted octanol–water partition coefficient (Wildman–Crippen LogP) is 2.13. The number of ether oxygens (including phenoxy) is 1. The standard InChI is InChI=1S/C12H17NO2/c1-8-6-12(15-2)9(7-11(8)14)10-4-3-5-13-10/h6-7,10,13-14H,3-5H2,1-2H3. The van der Waals surface area contributed by atoms with Gasteiger partial charge in [0.05, 0.1) is 7.11 Å². The van der Waals surface area contributed by atoms with Gasteiger partial charge in [0.1, 0.15) is 11.5 Å². The van der Waals surface area contributed by atoms with Crippen molar-refractivity contribution in [1.82, 2.24) is 5.32 Å². The number of aromatic hydroxyl groups is 1. The number of phenolic OH excluding ortho intramolecular Hbond substituents is 1. The molecular weight excluding hydrogens is 190 g/mol. The molecule has 1 aromatic carbocycles. The Labute approximate surface area is 90.1 Å². The van der Waals surface area contributed by atoms with Crippen molar-refractivity contribution in [2.24, 2.45) is 0 Å². The van der Waals surface area contributed by atoms with Gasteiger partial charge in [-0.2, -0.15) is 0 Å². The number of aryl methyl sites for hydroxylation is 1. The molecule has 0 aromatic heterocycles. The topological polar surface area (TPSA) is 41.5 Å². The molecule has 1 saturated heterocycles. The Morgan fingerprint density at radius 1 is 1.47 bits per heavy atom. The summed E-state index contributed by atoms with van der Waals surface area (Å²) < 4.78 is 5.34. The van der Waals surface area contributed by atoms with Crippen molar-refractivity contribution in [2.75, 3.05) is 13.7 Å². The van der Waals surface area contributed by atoms with Crippen LogP contribution in [0, 0.1) is 6.92 Å². The first-order chi connectivity index (χ1) is 7.22. The fourth-order valence-corrected chi connectivity index (χ4v) is 2.09. The molecule has 0 radical (unpaired) electrons. The summed E-state index contributed by atoms with van der Waals surface area (Å²) in [7, 11) is 1.67. The van der Waals surface area contributed by atoms with E-state index in [0.717, 1.165) is 29.8 Å². The number of methoxy groups -OCH3 is 1. The van der Waals surface area contributed by atoms with Crippen molar-refractivity contribution in [1.29, 1.82) is 0 Å². The third-order valence-corrected chi connectivity index (χ3v) is 2.98. The molecule has 0 spiro atoms. The molecule has 1 atom stereocenters. The van der Waals surface area contributed by atoms with Gasteiger partial charge >= 0.3 is 0 Å². The molecule has 1 heterocycles. The number of hydrogen-bond donors (Lipinski definition) is 2. The van der Waals surface area contributed by atoms with Gasteiger partial charge in [-0.05, 0) is 44.0 Å². The number of hydrogen-bond acceptors (Lipinski definition) is 3. The van der Waals surface area contributed by atoms with Crippen LogP contribution < -0.4 is 10.1 Å². The molecule has 1 aliphatic rings. The number of phenols is 1. The maximum absolute atomic E-state index is 9.70. The van der Waals surface area contributed by atoms with E-state index in [2.05, 4.69) is 5.32 Å². The van der Waals surface area contributed by atoms with Crippen molar-refractivity contribution in [2.45, 2.75) is 25.8 Å². The van der Waals surface area contributed by atoms with Gasteiger partial charge in [-0.25, -0.2) is 0 Å². The first-order valence-electron chi connectivity index (χ1n) is 5.33. The minimum Gasteiger partial charge on any atom is -0.508 e. The zero-order valence-electron chi connectivity index (χ0n) is 9.21. The van der Waals surface area contributed by atoms with Crippen molar-refractivity contribution < 1.29 is 9.84 Å². The molecule has 1 aliphatic heterocycles. The van der Waals surface area contributed by atoms with Crippen molar-refractivity contribution in [3.63, 3.8) is 0 Å². The summed E-state index contributed by atoms with van der Waals surface area (Å²) in [5.74, 6) is 1.21. The van der Waals surface area contributed by atoms with Gasteiger partial charge < -0.3 is 15.2 Å². The maximum Gasteiger partial charge on any atom is 0.124 e. The van der Waals surface area contributed by atoms with E-state index in [0.29, 0.717) is 11.8 Å². The van der Waals surface area contributed by atoms with Crippen LogP contribution >= 0.6 is 0 Å². The monoisotopic (exact) mass is 207 g/mol. The van der Waals surface area contributed by atoms with Crippen LogP contribution in [0.25, 0.3) is 0 Å². The van der Waals surface area contributed by atoms with E-state index in [4.69, 9.17) is 4.74 Å². The normalized spacial score (nSPS) is 20.5. The molecule has 3 nitrogen and oxygen atoms in total. The Hall–Kier alpha value is -1.22. The van der Waals surface area contributed by atoms with Crippen LogP contribution in [0.15, 0.2) is 12.1 Å². The average molecular weight is 207 g/mol. The molecule has 0 aliphatic carbocycles.